The number of likely N-dealkylation sites (N-methyl/N-ethyl adjacent to an activating group) is 1. The standard InChI is InChI=1S/C17H26BNO4.C16H22BNO3/c1-16(2)17(3,4)23-18(22-16)13-8-7-9-14(12-13)19(5)15(20)10-11-21-6;1-7-14(19)18(6)13-10-8-9-12(11-13)17-20-15(2,3)16(4,5)21-17/h7-9,12H,10-11H2,1-6H3;7-11H,1H2,2-6H3. The van der Waals surface area contributed by atoms with Gasteiger partial charge in [0, 0.05) is 32.6 Å². The summed E-state index contributed by atoms with van der Waals surface area (Å²) in [4.78, 5) is 27.0. The number of hydrogen-bond donors (Lipinski definition) is 0. The summed E-state index contributed by atoms with van der Waals surface area (Å²) >= 11 is 0. The molecule has 0 spiro atoms. The number of carbonyl (C=O) groups is 2. The first-order valence-electron chi connectivity index (χ1n) is 14.9. The predicted molar refractivity (Wildman–Crippen MR) is 178 cm³/mol. The van der Waals surface area contributed by atoms with Crippen molar-refractivity contribution in [2.24, 2.45) is 0 Å². The van der Waals surface area contributed by atoms with E-state index < -0.39 is 14.2 Å². The molecule has 2 amide bonds. The highest BCUT2D eigenvalue weighted by molar-refractivity contribution is 6.62. The van der Waals surface area contributed by atoms with Gasteiger partial charge in [0.15, 0.2) is 0 Å². The summed E-state index contributed by atoms with van der Waals surface area (Å²) in [5.41, 5.74) is 1.89. The molecule has 0 atom stereocenters. The van der Waals surface area contributed by atoms with E-state index in [1.54, 1.807) is 31.0 Å². The van der Waals surface area contributed by atoms with Crippen molar-refractivity contribution in [3.8, 4) is 0 Å². The number of nitrogens with zero attached hydrogens (tertiary/aromatic N) is 2. The van der Waals surface area contributed by atoms with E-state index in [0.717, 1.165) is 22.3 Å². The molecule has 0 bridgehead atoms. The van der Waals surface area contributed by atoms with Crippen LogP contribution in [0, 0.1) is 0 Å². The highest BCUT2D eigenvalue weighted by Gasteiger charge is 2.52. The molecule has 2 aromatic carbocycles. The first-order chi connectivity index (χ1) is 20.4. The molecule has 2 aromatic rings. The van der Waals surface area contributed by atoms with Crippen molar-refractivity contribution in [2.45, 2.75) is 84.2 Å². The Morgan fingerprint density at radius 3 is 1.50 bits per heavy atom. The van der Waals surface area contributed by atoms with Gasteiger partial charge in [0.1, 0.15) is 0 Å². The van der Waals surface area contributed by atoms with Crippen LogP contribution in [0.1, 0.15) is 61.8 Å². The smallest absolute Gasteiger partial charge is 0.399 e. The van der Waals surface area contributed by atoms with E-state index in [2.05, 4.69) is 6.58 Å². The van der Waals surface area contributed by atoms with E-state index in [0.29, 0.717) is 13.0 Å². The fraction of sp³-hybridized carbons (Fsp3) is 0.515. The Morgan fingerprint density at radius 2 is 1.14 bits per heavy atom. The van der Waals surface area contributed by atoms with Crippen molar-refractivity contribution >= 4 is 48.4 Å². The minimum Gasteiger partial charge on any atom is -0.399 e. The molecule has 0 aliphatic carbocycles. The second kappa shape index (κ2) is 13.6. The molecule has 0 N–H and O–H groups in total. The number of rotatable bonds is 8. The summed E-state index contributed by atoms with van der Waals surface area (Å²) < 4.78 is 29.1. The van der Waals surface area contributed by atoms with E-state index >= 15 is 0 Å². The van der Waals surface area contributed by atoms with Gasteiger partial charge in [-0.1, -0.05) is 30.8 Å². The molecule has 2 saturated heterocycles. The van der Waals surface area contributed by atoms with Gasteiger partial charge in [-0.05, 0) is 96.7 Å². The van der Waals surface area contributed by atoms with Crippen molar-refractivity contribution in [2.75, 3.05) is 37.6 Å². The van der Waals surface area contributed by atoms with Gasteiger partial charge in [0.05, 0.1) is 35.4 Å². The van der Waals surface area contributed by atoms with Crippen LogP contribution in [0.15, 0.2) is 61.2 Å². The van der Waals surface area contributed by atoms with Gasteiger partial charge in [0.25, 0.3) is 0 Å². The summed E-state index contributed by atoms with van der Waals surface area (Å²) in [6.45, 7) is 20.1. The van der Waals surface area contributed by atoms with E-state index in [9.17, 15) is 9.59 Å². The van der Waals surface area contributed by atoms with E-state index in [1.165, 1.54) is 6.08 Å². The van der Waals surface area contributed by atoms with Gasteiger partial charge in [-0.3, -0.25) is 9.59 Å². The van der Waals surface area contributed by atoms with Crippen LogP contribution in [0.5, 0.6) is 0 Å². The zero-order valence-electron chi connectivity index (χ0n) is 28.2. The zero-order valence-corrected chi connectivity index (χ0v) is 28.2. The van der Waals surface area contributed by atoms with Gasteiger partial charge >= 0.3 is 14.2 Å². The number of amides is 2. The monoisotopic (exact) mass is 606 g/mol. The lowest BCUT2D eigenvalue weighted by Crippen LogP contribution is -2.41. The first-order valence-corrected chi connectivity index (χ1v) is 14.9. The molecular weight excluding hydrogens is 558 g/mol. The van der Waals surface area contributed by atoms with E-state index in [1.807, 2.05) is 104 Å². The van der Waals surface area contributed by atoms with Gasteiger partial charge in [0.2, 0.25) is 11.8 Å². The molecular formula is C33H48B2N2O7. The average molecular weight is 606 g/mol. The fourth-order valence-electron chi connectivity index (χ4n) is 4.48. The lowest BCUT2D eigenvalue weighted by atomic mass is 9.79. The van der Waals surface area contributed by atoms with Crippen LogP contribution < -0.4 is 20.7 Å². The second-order valence-corrected chi connectivity index (χ2v) is 13.2. The Morgan fingerprint density at radius 1 is 0.750 bits per heavy atom. The predicted octanol–water partition coefficient (Wildman–Crippen LogP) is 4.12. The minimum atomic E-state index is -0.429. The molecule has 9 nitrogen and oxygen atoms in total. The molecule has 4 rings (SSSR count). The highest BCUT2D eigenvalue weighted by Crippen LogP contribution is 2.37. The molecule has 2 fully saturated rings. The molecule has 2 aliphatic heterocycles. The SMILES string of the molecule is C=CC(=O)N(C)c1cccc(B2OC(C)(C)C(C)(C)O2)c1.COCCC(=O)N(C)c1cccc(B2OC(C)(C)C(C)(C)O2)c1. The molecule has 0 unspecified atom stereocenters. The lowest BCUT2D eigenvalue weighted by Gasteiger charge is -2.32. The van der Waals surface area contributed by atoms with Crippen LogP contribution in [0.4, 0.5) is 11.4 Å². The van der Waals surface area contributed by atoms with Crippen molar-refractivity contribution in [3.63, 3.8) is 0 Å². The quantitative estimate of drug-likeness (QED) is 0.330. The van der Waals surface area contributed by atoms with E-state index in [4.69, 9.17) is 23.4 Å². The lowest BCUT2D eigenvalue weighted by molar-refractivity contribution is -0.119. The van der Waals surface area contributed by atoms with Crippen LogP contribution in [0.3, 0.4) is 0 Å². The molecule has 0 saturated carbocycles. The number of hydrogen-bond acceptors (Lipinski definition) is 7. The summed E-state index contributed by atoms with van der Waals surface area (Å²) in [5.74, 6) is -0.140. The average Bonchev–Trinajstić information content (AvgIpc) is 3.34. The Hall–Kier alpha value is -2.95. The molecule has 11 heteroatoms. The minimum absolute atomic E-state index is 0.0120. The third kappa shape index (κ3) is 7.82. The highest BCUT2D eigenvalue weighted by atomic mass is 16.7. The molecule has 2 aliphatic rings. The van der Waals surface area contributed by atoms with Crippen LogP contribution in [0.2, 0.25) is 0 Å². The van der Waals surface area contributed by atoms with Crippen LogP contribution in [-0.2, 0) is 32.9 Å². The van der Waals surface area contributed by atoms with Crippen molar-refractivity contribution in [1.82, 2.24) is 0 Å². The normalized spacial score (nSPS) is 19.2. The molecule has 2 heterocycles. The number of benzene rings is 2. The van der Waals surface area contributed by atoms with Gasteiger partial charge in [-0.15, -0.1) is 0 Å². The maximum Gasteiger partial charge on any atom is 0.494 e. The Labute approximate surface area is 264 Å². The Bertz CT molecular complexity index is 1310. The molecule has 0 radical (unpaired) electrons. The van der Waals surface area contributed by atoms with Crippen LogP contribution in [0.25, 0.3) is 0 Å². The Balaban J connectivity index is 0.000000241. The van der Waals surface area contributed by atoms with Crippen LogP contribution in [-0.4, -0.2) is 76.3 Å². The summed E-state index contributed by atoms with van der Waals surface area (Å²) in [7, 11) is 4.21. The molecule has 238 valence electrons. The number of carbonyl (C=O) groups excluding carboxylic acids is 2. The zero-order chi connectivity index (χ0) is 33.1. The third-order valence-corrected chi connectivity index (χ3v) is 8.97. The maximum atomic E-state index is 12.1. The van der Waals surface area contributed by atoms with Crippen molar-refractivity contribution in [3.05, 3.63) is 61.2 Å². The first kappa shape index (κ1) is 35.5. The third-order valence-electron chi connectivity index (χ3n) is 8.97. The summed E-state index contributed by atoms with van der Waals surface area (Å²) in [5, 5.41) is 0. The van der Waals surface area contributed by atoms with Gasteiger partial charge in [-0.2, -0.15) is 0 Å². The summed E-state index contributed by atoms with van der Waals surface area (Å²) in [6.07, 6.45) is 1.65. The van der Waals surface area contributed by atoms with Crippen LogP contribution >= 0.6 is 0 Å². The topological polar surface area (TPSA) is 86.8 Å². The molecule has 44 heavy (non-hydrogen) atoms. The van der Waals surface area contributed by atoms with Crippen molar-refractivity contribution < 1.29 is 32.9 Å². The van der Waals surface area contributed by atoms with Gasteiger partial charge < -0.3 is 33.2 Å². The number of ether oxygens (including phenoxy) is 1. The fourth-order valence-corrected chi connectivity index (χ4v) is 4.48. The van der Waals surface area contributed by atoms with Crippen molar-refractivity contribution in [1.29, 1.82) is 0 Å². The number of methoxy groups -OCH3 is 1. The number of anilines is 2. The van der Waals surface area contributed by atoms with E-state index in [-0.39, 0.29) is 34.2 Å². The largest absolute Gasteiger partial charge is 0.494 e. The summed E-state index contributed by atoms with van der Waals surface area (Å²) in [6, 6.07) is 15.3. The molecule has 0 aromatic heterocycles. The second-order valence-electron chi connectivity index (χ2n) is 13.2. The Kier molecular flexibility index (Phi) is 11.0. The maximum absolute atomic E-state index is 12.1. The van der Waals surface area contributed by atoms with Gasteiger partial charge in [-0.25, -0.2) is 0 Å².